The minimum atomic E-state index is -0.646. The standard InChI is InChI=1S/C11H10ClNO4/c1-6(14)11(7(2)15)9-4-3-8(12)5-10(9)13(16)17/h3-5,14H,1-2H3. The predicted molar refractivity (Wildman–Crippen MR) is 64.0 cm³/mol. The van der Waals surface area contributed by atoms with E-state index in [1.807, 2.05) is 0 Å². The van der Waals surface area contributed by atoms with E-state index in [1.165, 1.54) is 26.0 Å². The van der Waals surface area contributed by atoms with Crippen molar-refractivity contribution in [2.45, 2.75) is 13.8 Å². The van der Waals surface area contributed by atoms with E-state index < -0.39 is 10.7 Å². The molecule has 0 atom stereocenters. The van der Waals surface area contributed by atoms with Crippen molar-refractivity contribution in [2.75, 3.05) is 0 Å². The van der Waals surface area contributed by atoms with Gasteiger partial charge in [-0.1, -0.05) is 11.6 Å². The van der Waals surface area contributed by atoms with E-state index in [2.05, 4.69) is 0 Å². The average Bonchev–Trinajstić information content (AvgIpc) is 2.19. The Morgan fingerprint density at radius 3 is 2.41 bits per heavy atom. The van der Waals surface area contributed by atoms with E-state index >= 15 is 0 Å². The van der Waals surface area contributed by atoms with E-state index in [0.717, 1.165) is 6.07 Å². The number of Topliss-reactive ketones (excluding diaryl/α,β-unsaturated/α-hetero) is 1. The molecule has 0 saturated heterocycles. The molecule has 1 aromatic carbocycles. The van der Waals surface area contributed by atoms with Crippen molar-refractivity contribution in [3.8, 4) is 0 Å². The van der Waals surface area contributed by atoms with Gasteiger partial charge in [-0.05, 0) is 26.0 Å². The molecular formula is C11H10ClNO4. The lowest BCUT2D eigenvalue weighted by Crippen LogP contribution is -2.03. The van der Waals surface area contributed by atoms with Gasteiger partial charge in [0, 0.05) is 11.1 Å². The number of hydrogen-bond donors (Lipinski definition) is 1. The van der Waals surface area contributed by atoms with Crippen LogP contribution in [0.2, 0.25) is 5.02 Å². The number of benzene rings is 1. The monoisotopic (exact) mass is 255 g/mol. The number of nitro benzene ring substituents is 1. The van der Waals surface area contributed by atoms with Crippen molar-refractivity contribution in [2.24, 2.45) is 0 Å². The Hall–Kier alpha value is -1.88. The average molecular weight is 256 g/mol. The Kier molecular flexibility index (Phi) is 3.85. The molecule has 0 aliphatic heterocycles. The molecule has 0 fully saturated rings. The van der Waals surface area contributed by atoms with Gasteiger partial charge >= 0.3 is 0 Å². The molecule has 0 bridgehead atoms. The summed E-state index contributed by atoms with van der Waals surface area (Å²) in [5.74, 6) is -0.710. The SMILES string of the molecule is CC(=O)C(=C(C)O)c1ccc(Cl)cc1[N+](=O)[O-]. The molecule has 0 unspecified atom stereocenters. The molecule has 0 saturated carbocycles. The van der Waals surface area contributed by atoms with Crippen LogP contribution in [0, 0.1) is 10.1 Å². The number of aliphatic hydroxyl groups is 1. The van der Waals surface area contributed by atoms with Crippen LogP contribution in [-0.4, -0.2) is 15.8 Å². The minimum absolute atomic E-state index is 0.0619. The third-order valence-corrected chi connectivity index (χ3v) is 2.37. The highest BCUT2D eigenvalue weighted by Gasteiger charge is 2.22. The van der Waals surface area contributed by atoms with Gasteiger partial charge in [0.05, 0.1) is 16.1 Å². The van der Waals surface area contributed by atoms with E-state index in [9.17, 15) is 20.0 Å². The fourth-order valence-electron chi connectivity index (χ4n) is 1.51. The molecule has 5 nitrogen and oxygen atoms in total. The molecule has 90 valence electrons. The number of ketones is 1. The molecule has 0 aliphatic rings. The molecule has 0 heterocycles. The van der Waals surface area contributed by atoms with Gasteiger partial charge in [-0.15, -0.1) is 0 Å². The Bertz CT molecular complexity index is 518. The largest absolute Gasteiger partial charge is 0.512 e. The number of allylic oxidation sites excluding steroid dienone is 2. The molecule has 0 spiro atoms. The number of hydrogen-bond acceptors (Lipinski definition) is 4. The van der Waals surface area contributed by atoms with Crippen molar-refractivity contribution < 1.29 is 14.8 Å². The van der Waals surface area contributed by atoms with Crippen molar-refractivity contribution in [1.82, 2.24) is 0 Å². The number of rotatable bonds is 3. The van der Waals surface area contributed by atoms with Crippen LogP contribution in [0.15, 0.2) is 24.0 Å². The summed E-state index contributed by atoms with van der Waals surface area (Å²) >= 11 is 5.66. The maximum atomic E-state index is 11.4. The van der Waals surface area contributed by atoms with Crippen LogP contribution in [-0.2, 0) is 4.79 Å². The van der Waals surface area contributed by atoms with Crippen molar-refractivity contribution in [3.63, 3.8) is 0 Å². The first-order valence-corrected chi connectivity index (χ1v) is 5.07. The fourth-order valence-corrected chi connectivity index (χ4v) is 1.67. The third kappa shape index (κ3) is 2.82. The van der Waals surface area contributed by atoms with Crippen molar-refractivity contribution in [3.05, 3.63) is 44.7 Å². The number of halogens is 1. The van der Waals surface area contributed by atoms with Crippen LogP contribution < -0.4 is 0 Å². The highest BCUT2D eigenvalue weighted by atomic mass is 35.5. The third-order valence-electron chi connectivity index (χ3n) is 2.14. The highest BCUT2D eigenvalue weighted by Crippen LogP contribution is 2.30. The second-order valence-corrected chi connectivity index (χ2v) is 3.87. The Morgan fingerprint density at radius 2 is 2.00 bits per heavy atom. The zero-order chi connectivity index (χ0) is 13.2. The first-order chi connectivity index (χ1) is 7.84. The maximum Gasteiger partial charge on any atom is 0.278 e. The lowest BCUT2D eigenvalue weighted by Gasteiger charge is -2.06. The predicted octanol–water partition coefficient (Wildman–Crippen LogP) is 3.13. The van der Waals surface area contributed by atoms with Gasteiger partial charge < -0.3 is 5.11 Å². The number of nitrogens with zero attached hydrogens (tertiary/aromatic N) is 1. The summed E-state index contributed by atoms with van der Waals surface area (Å²) < 4.78 is 0. The molecule has 0 amide bonds. The molecule has 1 aromatic rings. The lowest BCUT2D eigenvalue weighted by atomic mass is 9.99. The van der Waals surface area contributed by atoms with Gasteiger partial charge in [0.1, 0.15) is 5.76 Å². The molecule has 0 aromatic heterocycles. The van der Waals surface area contributed by atoms with Gasteiger partial charge in [0.15, 0.2) is 5.78 Å². The molecule has 6 heteroatoms. The van der Waals surface area contributed by atoms with Gasteiger partial charge in [-0.2, -0.15) is 0 Å². The number of carbonyl (C=O) groups is 1. The second kappa shape index (κ2) is 4.97. The molecule has 0 radical (unpaired) electrons. The van der Waals surface area contributed by atoms with Crippen LogP contribution in [0.5, 0.6) is 0 Å². The van der Waals surface area contributed by atoms with Gasteiger partial charge in [-0.3, -0.25) is 14.9 Å². The first kappa shape index (κ1) is 13.2. The van der Waals surface area contributed by atoms with Gasteiger partial charge in [-0.25, -0.2) is 0 Å². The van der Waals surface area contributed by atoms with E-state index in [0.29, 0.717) is 0 Å². The van der Waals surface area contributed by atoms with E-state index in [1.54, 1.807) is 0 Å². The summed E-state index contributed by atoms with van der Waals surface area (Å²) in [7, 11) is 0. The summed E-state index contributed by atoms with van der Waals surface area (Å²) in [6.45, 7) is 2.53. The summed E-state index contributed by atoms with van der Waals surface area (Å²) in [4.78, 5) is 21.6. The molecule has 0 aliphatic carbocycles. The first-order valence-electron chi connectivity index (χ1n) is 4.69. The summed E-state index contributed by atoms with van der Waals surface area (Å²) in [6.07, 6.45) is 0. The Balaban J connectivity index is 3.56. The Labute approximate surface area is 102 Å². The van der Waals surface area contributed by atoms with Crippen LogP contribution in [0.1, 0.15) is 19.4 Å². The smallest absolute Gasteiger partial charge is 0.278 e. The molecule has 1 N–H and O–H groups in total. The van der Waals surface area contributed by atoms with Gasteiger partial charge in [0.2, 0.25) is 0 Å². The summed E-state index contributed by atoms with van der Waals surface area (Å²) in [6, 6.07) is 3.91. The number of nitro groups is 1. The normalized spacial score (nSPS) is 11.9. The zero-order valence-electron chi connectivity index (χ0n) is 9.23. The summed E-state index contributed by atoms with van der Waals surface area (Å²) in [5.41, 5.74) is -0.323. The molecule has 1 rings (SSSR count). The number of carbonyl (C=O) groups excluding carboxylic acids is 1. The van der Waals surface area contributed by atoms with Crippen LogP contribution >= 0.6 is 11.6 Å². The van der Waals surface area contributed by atoms with Crippen LogP contribution in [0.3, 0.4) is 0 Å². The maximum absolute atomic E-state index is 11.4. The topological polar surface area (TPSA) is 80.4 Å². The Morgan fingerprint density at radius 1 is 1.41 bits per heavy atom. The van der Waals surface area contributed by atoms with Crippen molar-refractivity contribution >= 4 is 28.6 Å². The van der Waals surface area contributed by atoms with Crippen molar-refractivity contribution in [1.29, 1.82) is 0 Å². The van der Waals surface area contributed by atoms with Crippen LogP contribution in [0.25, 0.3) is 5.57 Å². The number of aliphatic hydroxyl groups excluding tert-OH is 1. The fraction of sp³-hybridized carbons (Fsp3) is 0.182. The highest BCUT2D eigenvalue weighted by molar-refractivity contribution is 6.31. The zero-order valence-corrected chi connectivity index (χ0v) is 9.99. The van der Waals surface area contributed by atoms with E-state index in [4.69, 9.17) is 11.6 Å². The van der Waals surface area contributed by atoms with E-state index in [-0.39, 0.29) is 27.6 Å². The quantitative estimate of drug-likeness (QED) is 0.389. The molecular weight excluding hydrogens is 246 g/mol. The lowest BCUT2D eigenvalue weighted by molar-refractivity contribution is -0.385. The minimum Gasteiger partial charge on any atom is -0.512 e. The summed E-state index contributed by atoms with van der Waals surface area (Å²) in [5, 5.41) is 20.5. The van der Waals surface area contributed by atoms with Gasteiger partial charge in [0.25, 0.3) is 5.69 Å². The molecule has 17 heavy (non-hydrogen) atoms. The van der Waals surface area contributed by atoms with Crippen LogP contribution in [0.4, 0.5) is 5.69 Å². The second-order valence-electron chi connectivity index (χ2n) is 3.44.